The molecule has 1 aliphatic rings. The minimum absolute atomic E-state index is 0.391. The minimum atomic E-state index is 0.391. The largest absolute Gasteiger partial charge is 0.489 e. The Hall–Kier alpha value is -2.43. The molecule has 0 atom stereocenters. The first-order chi connectivity index (χ1) is 9.36. The van der Waals surface area contributed by atoms with Crippen molar-refractivity contribution in [3.05, 3.63) is 53.2 Å². The highest BCUT2D eigenvalue weighted by molar-refractivity contribution is 5.64. The van der Waals surface area contributed by atoms with E-state index < -0.39 is 0 Å². The molecule has 5 nitrogen and oxygen atoms in total. The van der Waals surface area contributed by atoms with Crippen molar-refractivity contribution in [1.82, 2.24) is 4.98 Å². The van der Waals surface area contributed by atoms with Crippen LogP contribution >= 0.6 is 0 Å². The number of hydrogen-bond donors (Lipinski definition) is 0. The summed E-state index contributed by atoms with van der Waals surface area (Å²) in [7, 11) is 0. The average Bonchev–Trinajstić information content (AvgIpc) is 2.48. The number of rotatable bonds is 3. The highest BCUT2D eigenvalue weighted by atomic mass is 16.5. The van der Waals surface area contributed by atoms with Crippen LogP contribution in [-0.4, -0.2) is 18.1 Å². The number of benzene rings is 1. The van der Waals surface area contributed by atoms with Gasteiger partial charge >= 0.3 is 0 Å². The van der Waals surface area contributed by atoms with Gasteiger partial charge in [0.2, 0.25) is 0 Å². The highest BCUT2D eigenvalue weighted by Gasteiger charge is 2.18. The van der Waals surface area contributed by atoms with Crippen LogP contribution in [0.5, 0.6) is 5.75 Å². The van der Waals surface area contributed by atoms with Gasteiger partial charge in [0.25, 0.3) is 0 Å². The Morgan fingerprint density at radius 2 is 2.32 bits per heavy atom. The van der Waals surface area contributed by atoms with Crippen molar-refractivity contribution in [2.45, 2.75) is 6.54 Å². The molecule has 0 radical (unpaired) electrons. The predicted octanol–water partition coefficient (Wildman–Crippen LogP) is 2.88. The summed E-state index contributed by atoms with van der Waals surface area (Å²) in [5.41, 5.74) is 2.53. The molecule has 1 aliphatic heterocycles. The smallest absolute Gasteiger partial charge is 0.144 e. The van der Waals surface area contributed by atoms with Crippen LogP contribution in [0.2, 0.25) is 0 Å². The monoisotopic (exact) mass is 255 g/mol. The zero-order chi connectivity index (χ0) is 13.1. The molecule has 0 saturated heterocycles. The zero-order valence-corrected chi connectivity index (χ0v) is 10.3. The summed E-state index contributed by atoms with van der Waals surface area (Å²) >= 11 is 0. The van der Waals surface area contributed by atoms with E-state index in [-0.39, 0.29) is 0 Å². The molecule has 0 fully saturated rings. The maximum absolute atomic E-state index is 10.5. The fraction of sp³-hybridized carbons (Fsp3) is 0.214. The number of pyridine rings is 1. The SMILES string of the molecule is O=Nc1ccc2c(c1)OCCN2Cc1cccnc1. The topological polar surface area (TPSA) is 54.8 Å². The summed E-state index contributed by atoms with van der Waals surface area (Å²) in [5.74, 6) is 0.715. The molecule has 0 aliphatic carbocycles. The van der Waals surface area contributed by atoms with Crippen LogP contribution < -0.4 is 9.64 Å². The summed E-state index contributed by atoms with van der Waals surface area (Å²) in [6.45, 7) is 2.20. The van der Waals surface area contributed by atoms with E-state index >= 15 is 0 Å². The quantitative estimate of drug-likeness (QED) is 0.791. The predicted molar refractivity (Wildman–Crippen MR) is 72.7 cm³/mol. The molecule has 1 aromatic carbocycles. The Morgan fingerprint density at radius 1 is 1.37 bits per heavy atom. The fourth-order valence-corrected chi connectivity index (χ4v) is 2.20. The molecule has 0 unspecified atom stereocenters. The van der Waals surface area contributed by atoms with Gasteiger partial charge in [0, 0.05) is 25.0 Å². The van der Waals surface area contributed by atoms with Crippen LogP contribution in [0.15, 0.2) is 47.9 Å². The second kappa shape index (κ2) is 5.06. The van der Waals surface area contributed by atoms with Crippen molar-refractivity contribution in [2.75, 3.05) is 18.1 Å². The summed E-state index contributed by atoms with van der Waals surface area (Å²) in [5, 5.41) is 2.93. The zero-order valence-electron chi connectivity index (χ0n) is 10.3. The number of fused-ring (bicyclic) bond motifs is 1. The van der Waals surface area contributed by atoms with Gasteiger partial charge < -0.3 is 9.64 Å². The average molecular weight is 255 g/mol. The lowest BCUT2D eigenvalue weighted by Gasteiger charge is -2.31. The molecule has 0 bridgehead atoms. The molecule has 19 heavy (non-hydrogen) atoms. The van der Waals surface area contributed by atoms with Crippen molar-refractivity contribution in [3.8, 4) is 5.75 Å². The van der Waals surface area contributed by atoms with Gasteiger partial charge in [-0.2, -0.15) is 0 Å². The number of nitrogens with zero attached hydrogens (tertiary/aromatic N) is 3. The Balaban J connectivity index is 1.88. The summed E-state index contributed by atoms with van der Waals surface area (Å²) in [6, 6.07) is 9.23. The second-order valence-electron chi connectivity index (χ2n) is 4.37. The van der Waals surface area contributed by atoms with Gasteiger partial charge in [0.15, 0.2) is 0 Å². The van der Waals surface area contributed by atoms with Crippen LogP contribution in [0.4, 0.5) is 11.4 Å². The van der Waals surface area contributed by atoms with E-state index in [1.54, 1.807) is 18.3 Å². The second-order valence-corrected chi connectivity index (χ2v) is 4.37. The Labute approximate surface area is 110 Å². The van der Waals surface area contributed by atoms with Gasteiger partial charge in [-0.25, -0.2) is 0 Å². The molecule has 96 valence electrons. The molecular weight excluding hydrogens is 242 g/mol. The van der Waals surface area contributed by atoms with Gasteiger partial charge in [-0.05, 0) is 28.9 Å². The van der Waals surface area contributed by atoms with Gasteiger partial charge in [-0.1, -0.05) is 6.07 Å². The number of aromatic nitrogens is 1. The minimum Gasteiger partial charge on any atom is -0.489 e. The van der Waals surface area contributed by atoms with Crippen LogP contribution in [0.3, 0.4) is 0 Å². The molecule has 0 spiro atoms. The first-order valence-corrected chi connectivity index (χ1v) is 6.11. The van der Waals surface area contributed by atoms with Crippen LogP contribution in [-0.2, 0) is 6.54 Å². The number of ether oxygens (including phenoxy) is 1. The van der Waals surface area contributed by atoms with E-state index in [0.717, 1.165) is 24.3 Å². The third-order valence-electron chi connectivity index (χ3n) is 3.10. The molecule has 2 heterocycles. The van der Waals surface area contributed by atoms with Crippen molar-refractivity contribution in [2.24, 2.45) is 5.18 Å². The molecule has 5 heteroatoms. The molecule has 0 saturated carbocycles. The van der Waals surface area contributed by atoms with E-state index in [0.29, 0.717) is 18.0 Å². The maximum Gasteiger partial charge on any atom is 0.144 e. The molecule has 0 N–H and O–H groups in total. The molecule has 3 rings (SSSR count). The van der Waals surface area contributed by atoms with E-state index in [2.05, 4.69) is 15.1 Å². The summed E-state index contributed by atoms with van der Waals surface area (Å²) in [6.07, 6.45) is 3.62. The normalized spacial score (nSPS) is 13.6. The number of hydrogen-bond acceptors (Lipinski definition) is 5. The fourth-order valence-electron chi connectivity index (χ4n) is 2.20. The van der Waals surface area contributed by atoms with Crippen LogP contribution in [0.25, 0.3) is 0 Å². The first-order valence-electron chi connectivity index (χ1n) is 6.11. The summed E-state index contributed by atoms with van der Waals surface area (Å²) in [4.78, 5) is 16.9. The number of nitroso groups, excluding NO2 is 1. The molecular formula is C14H13N3O2. The van der Waals surface area contributed by atoms with Crippen molar-refractivity contribution in [1.29, 1.82) is 0 Å². The lowest BCUT2D eigenvalue weighted by molar-refractivity contribution is 0.307. The van der Waals surface area contributed by atoms with Crippen molar-refractivity contribution >= 4 is 11.4 Å². The first kappa shape index (κ1) is 11.6. The van der Waals surface area contributed by atoms with Crippen LogP contribution in [0, 0.1) is 4.91 Å². The van der Waals surface area contributed by atoms with Crippen LogP contribution in [0.1, 0.15) is 5.56 Å². The van der Waals surface area contributed by atoms with E-state index in [1.165, 1.54) is 0 Å². The van der Waals surface area contributed by atoms with Crippen molar-refractivity contribution < 1.29 is 4.74 Å². The lowest BCUT2D eigenvalue weighted by Crippen LogP contribution is -2.32. The van der Waals surface area contributed by atoms with Crippen molar-refractivity contribution in [3.63, 3.8) is 0 Å². The Kier molecular flexibility index (Phi) is 3.10. The Morgan fingerprint density at radius 3 is 3.11 bits per heavy atom. The third kappa shape index (κ3) is 2.40. The third-order valence-corrected chi connectivity index (χ3v) is 3.10. The summed E-state index contributed by atoms with van der Waals surface area (Å²) < 4.78 is 5.58. The standard InChI is InChI=1S/C14H13N3O2/c18-16-12-3-4-13-14(8-12)19-7-6-17(13)10-11-2-1-5-15-9-11/h1-5,8-9H,6-7,10H2. The van der Waals surface area contributed by atoms with E-state index in [4.69, 9.17) is 4.74 Å². The molecule has 0 amide bonds. The van der Waals surface area contributed by atoms with Gasteiger partial charge in [0.05, 0.1) is 12.2 Å². The maximum atomic E-state index is 10.5. The Bertz CT molecular complexity index is 586. The number of anilines is 1. The van der Waals surface area contributed by atoms with E-state index in [9.17, 15) is 4.91 Å². The molecule has 1 aromatic heterocycles. The van der Waals surface area contributed by atoms with Gasteiger partial charge in [-0.3, -0.25) is 4.98 Å². The van der Waals surface area contributed by atoms with Gasteiger partial charge in [0.1, 0.15) is 18.0 Å². The highest BCUT2D eigenvalue weighted by Crippen LogP contribution is 2.35. The van der Waals surface area contributed by atoms with Gasteiger partial charge in [-0.15, -0.1) is 4.91 Å². The lowest BCUT2D eigenvalue weighted by atomic mass is 10.2. The molecule has 2 aromatic rings. The van der Waals surface area contributed by atoms with E-state index in [1.807, 2.05) is 24.4 Å².